The van der Waals surface area contributed by atoms with Gasteiger partial charge in [0.05, 0.1) is 24.2 Å². The molecule has 0 aromatic heterocycles. The van der Waals surface area contributed by atoms with Crippen LogP contribution < -0.4 is 5.32 Å². The predicted octanol–water partition coefficient (Wildman–Crippen LogP) is 2.65. The first kappa shape index (κ1) is 16.7. The largest absolute Gasteiger partial charge is 0.343 e. The van der Waals surface area contributed by atoms with Crippen molar-refractivity contribution in [2.45, 2.75) is 18.9 Å². The molecule has 2 amide bonds. The van der Waals surface area contributed by atoms with Gasteiger partial charge in [-0.15, -0.1) is 0 Å². The zero-order valence-corrected chi connectivity index (χ0v) is 13.8. The van der Waals surface area contributed by atoms with E-state index >= 15 is 0 Å². The standard InChI is InChI=1S/C20H19N3O2/c21-13-15-8-10-17(11-9-15)20(25)22-14-19(24)23-12-4-7-18(23)16-5-2-1-3-6-16/h1-3,5-6,8-11,18H,4,7,12,14H2,(H,22,25). The summed E-state index contributed by atoms with van der Waals surface area (Å²) in [4.78, 5) is 26.5. The Hall–Kier alpha value is -3.13. The Labute approximate surface area is 146 Å². The highest BCUT2D eigenvalue weighted by atomic mass is 16.2. The average molecular weight is 333 g/mol. The Kier molecular flexibility index (Phi) is 5.10. The lowest BCUT2D eigenvalue weighted by atomic mass is 10.0. The molecule has 1 fully saturated rings. The monoisotopic (exact) mass is 333 g/mol. The van der Waals surface area contributed by atoms with E-state index in [2.05, 4.69) is 5.32 Å². The minimum absolute atomic E-state index is 0.0256. The van der Waals surface area contributed by atoms with Crippen molar-refractivity contribution in [3.63, 3.8) is 0 Å². The molecule has 1 unspecified atom stereocenters. The topological polar surface area (TPSA) is 73.2 Å². The number of nitrogens with zero attached hydrogens (tertiary/aromatic N) is 2. The van der Waals surface area contributed by atoms with Crippen molar-refractivity contribution in [1.82, 2.24) is 10.2 Å². The number of amides is 2. The van der Waals surface area contributed by atoms with E-state index in [4.69, 9.17) is 5.26 Å². The molecule has 1 heterocycles. The van der Waals surface area contributed by atoms with E-state index in [1.54, 1.807) is 24.3 Å². The van der Waals surface area contributed by atoms with Gasteiger partial charge in [-0.3, -0.25) is 9.59 Å². The fourth-order valence-electron chi connectivity index (χ4n) is 3.14. The molecule has 5 nitrogen and oxygen atoms in total. The lowest BCUT2D eigenvalue weighted by Gasteiger charge is -2.25. The summed E-state index contributed by atoms with van der Waals surface area (Å²) in [5.41, 5.74) is 2.06. The lowest BCUT2D eigenvalue weighted by molar-refractivity contribution is -0.131. The highest BCUT2D eigenvalue weighted by Crippen LogP contribution is 2.31. The molecule has 25 heavy (non-hydrogen) atoms. The molecule has 2 aromatic rings. The first-order valence-electron chi connectivity index (χ1n) is 8.32. The van der Waals surface area contributed by atoms with Gasteiger partial charge in [-0.1, -0.05) is 30.3 Å². The van der Waals surface area contributed by atoms with Crippen molar-refractivity contribution in [3.05, 3.63) is 71.3 Å². The van der Waals surface area contributed by atoms with Gasteiger partial charge in [0.15, 0.2) is 0 Å². The number of carbonyl (C=O) groups is 2. The minimum Gasteiger partial charge on any atom is -0.343 e. The lowest BCUT2D eigenvalue weighted by Crippen LogP contribution is -2.39. The van der Waals surface area contributed by atoms with E-state index in [1.807, 2.05) is 41.3 Å². The zero-order chi connectivity index (χ0) is 17.6. The molecule has 1 saturated heterocycles. The number of benzene rings is 2. The van der Waals surface area contributed by atoms with Crippen molar-refractivity contribution < 1.29 is 9.59 Å². The molecule has 3 rings (SSSR count). The van der Waals surface area contributed by atoms with Crippen molar-refractivity contribution in [2.75, 3.05) is 13.1 Å². The van der Waals surface area contributed by atoms with Gasteiger partial charge in [-0.2, -0.15) is 5.26 Å². The Bertz CT molecular complexity index is 794. The van der Waals surface area contributed by atoms with Crippen LogP contribution in [0.15, 0.2) is 54.6 Å². The normalized spacial score (nSPS) is 16.3. The van der Waals surface area contributed by atoms with Crippen LogP contribution in [0.5, 0.6) is 0 Å². The molecule has 2 aromatic carbocycles. The summed E-state index contributed by atoms with van der Waals surface area (Å²) >= 11 is 0. The first-order chi connectivity index (χ1) is 12.2. The van der Waals surface area contributed by atoms with Gasteiger partial charge >= 0.3 is 0 Å². The minimum atomic E-state index is -0.312. The van der Waals surface area contributed by atoms with E-state index in [0.717, 1.165) is 18.4 Å². The van der Waals surface area contributed by atoms with Gasteiger partial charge in [-0.25, -0.2) is 0 Å². The molecular formula is C20H19N3O2. The Morgan fingerprint density at radius 3 is 2.52 bits per heavy atom. The van der Waals surface area contributed by atoms with Gasteiger partial charge in [0, 0.05) is 12.1 Å². The molecule has 1 aliphatic heterocycles. The van der Waals surface area contributed by atoms with Crippen LogP contribution >= 0.6 is 0 Å². The Morgan fingerprint density at radius 1 is 1.12 bits per heavy atom. The van der Waals surface area contributed by atoms with Crippen LogP contribution in [0.4, 0.5) is 0 Å². The average Bonchev–Trinajstić information content (AvgIpc) is 3.16. The molecule has 0 aliphatic carbocycles. The fourth-order valence-corrected chi connectivity index (χ4v) is 3.14. The second-order valence-electron chi connectivity index (χ2n) is 6.03. The van der Waals surface area contributed by atoms with E-state index in [9.17, 15) is 9.59 Å². The zero-order valence-electron chi connectivity index (χ0n) is 13.8. The first-order valence-corrected chi connectivity index (χ1v) is 8.32. The molecule has 0 saturated carbocycles. The highest BCUT2D eigenvalue weighted by molar-refractivity contribution is 5.96. The van der Waals surface area contributed by atoms with Crippen LogP contribution in [0.25, 0.3) is 0 Å². The van der Waals surface area contributed by atoms with Crippen LogP contribution in [0.1, 0.15) is 40.4 Å². The number of hydrogen-bond acceptors (Lipinski definition) is 3. The number of likely N-dealkylation sites (tertiary alicyclic amines) is 1. The number of nitrogens with one attached hydrogen (secondary N) is 1. The third-order valence-corrected chi connectivity index (χ3v) is 4.43. The highest BCUT2D eigenvalue weighted by Gasteiger charge is 2.29. The SMILES string of the molecule is N#Cc1ccc(C(=O)NCC(=O)N2CCCC2c2ccccc2)cc1. The molecular weight excluding hydrogens is 314 g/mol. The van der Waals surface area contributed by atoms with Crippen molar-refractivity contribution in [2.24, 2.45) is 0 Å². The van der Waals surface area contributed by atoms with Gasteiger partial charge < -0.3 is 10.2 Å². The second kappa shape index (κ2) is 7.63. The number of carbonyl (C=O) groups excluding carboxylic acids is 2. The van der Waals surface area contributed by atoms with Gasteiger partial charge in [0.25, 0.3) is 5.91 Å². The van der Waals surface area contributed by atoms with Crippen LogP contribution in [0.2, 0.25) is 0 Å². The molecule has 0 bridgehead atoms. The van der Waals surface area contributed by atoms with Gasteiger partial charge in [-0.05, 0) is 42.7 Å². The summed E-state index contributed by atoms with van der Waals surface area (Å²) in [6.07, 6.45) is 1.91. The number of rotatable bonds is 4. The van der Waals surface area contributed by atoms with Crippen molar-refractivity contribution in [3.8, 4) is 6.07 Å². The van der Waals surface area contributed by atoms with Crippen LogP contribution in [-0.2, 0) is 4.79 Å². The van der Waals surface area contributed by atoms with Crippen molar-refractivity contribution >= 4 is 11.8 Å². The van der Waals surface area contributed by atoms with E-state index in [0.29, 0.717) is 17.7 Å². The third-order valence-electron chi connectivity index (χ3n) is 4.43. The van der Waals surface area contributed by atoms with Gasteiger partial charge in [0.1, 0.15) is 0 Å². The molecule has 0 radical (unpaired) electrons. The fraction of sp³-hybridized carbons (Fsp3) is 0.250. The smallest absolute Gasteiger partial charge is 0.251 e. The van der Waals surface area contributed by atoms with Crippen LogP contribution in [-0.4, -0.2) is 29.8 Å². The maximum atomic E-state index is 12.5. The second-order valence-corrected chi connectivity index (χ2v) is 6.03. The van der Waals surface area contributed by atoms with Crippen LogP contribution in [0.3, 0.4) is 0 Å². The summed E-state index contributed by atoms with van der Waals surface area (Å²) < 4.78 is 0. The van der Waals surface area contributed by atoms with E-state index in [1.165, 1.54) is 0 Å². The molecule has 1 atom stereocenters. The quantitative estimate of drug-likeness (QED) is 0.935. The number of nitriles is 1. The summed E-state index contributed by atoms with van der Waals surface area (Å²) in [7, 11) is 0. The summed E-state index contributed by atoms with van der Waals surface area (Å²) in [5, 5.41) is 11.5. The Balaban J connectivity index is 1.60. The number of hydrogen-bond donors (Lipinski definition) is 1. The molecule has 1 N–H and O–H groups in total. The maximum absolute atomic E-state index is 12.5. The molecule has 5 heteroatoms. The summed E-state index contributed by atoms with van der Waals surface area (Å²) in [5.74, 6) is -0.387. The van der Waals surface area contributed by atoms with Crippen LogP contribution in [0, 0.1) is 11.3 Å². The molecule has 0 spiro atoms. The molecule has 126 valence electrons. The summed E-state index contributed by atoms with van der Waals surface area (Å²) in [6, 6.07) is 18.4. The Morgan fingerprint density at radius 2 is 1.84 bits per heavy atom. The van der Waals surface area contributed by atoms with Gasteiger partial charge in [0.2, 0.25) is 5.91 Å². The predicted molar refractivity (Wildman–Crippen MR) is 93.6 cm³/mol. The van der Waals surface area contributed by atoms with Crippen molar-refractivity contribution in [1.29, 1.82) is 5.26 Å². The maximum Gasteiger partial charge on any atom is 0.251 e. The van der Waals surface area contributed by atoms with E-state index in [-0.39, 0.29) is 24.4 Å². The van der Waals surface area contributed by atoms with E-state index < -0.39 is 0 Å². The molecule has 1 aliphatic rings. The third kappa shape index (κ3) is 3.86. The summed E-state index contributed by atoms with van der Waals surface area (Å²) in [6.45, 7) is 0.688.